The summed E-state index contributed by atoms with van der Waals surface area (Å²) in [6.07, 6.45) is 0. The van der Waals surface area contributed by atoms with Crippen molar-refractivity contribution in [3.05, 3.63) is 29.6 Å². The predicted molar refractivity (Wildman–Crippen MR) is 61.3 cm³/mol. The highest BCUT2D eigenvalue weighted by molar-refractivity contribution is 5.85. The number of piperazine rings is 1. The molecule has 2 unspecified atom stereocenters. The lowest BCUT2D eigenvalue weighted by atomic mass is 10.0. The van der Waals surface area contributed by atoms with Gasteiger partial charge in [0.05, 0.1) is 7.11 Å². The average molecular weight is 238 g/mol. The molecule has 2 N–H and O–H groups in total. The number of hydrogen-bond donors (Lipinski definition) is 2. The van der Waals surface area contributed by atoms with E-state index in [2.05, 4.69) is 10.6 Å². The van der Waals surface area contributed by atoms with E-state index in [1.54, 1.807) is 12.1 Å². The second-order valence-electron chi connectivity index (χ2n) is 4.11. The van der Waals surface area contributed by atoms with Crippen molar-refractivity contribution >= 4 is 5.91 Å². The summed E-state index contributed by atoms with van der Waals surface area (Å²) in [7, 11) is 1.39. The maximum atomic E-state index is 13.5. The lowest BCUT2D eigenvalue weighted by Gasteiger charge is -2.29. The quantitative estimate of drug-likeness (QED) is 0.807. The fraction of sp³-hybridized carbons (Fsp3) is 0.417. The molecule has 5 heteroatoms. The van der Waals surface area contributed by atoms with Crippen molar-refractivity contribution < 1.29 is 13.9 Å². The van der Waals surface area contributed by atoms with Gasteiger partial charge in [-0.1, -0.05) is 12.1 Å². The minimum Gasteiger partial charge on any atom is -0.493 e. The number of carbonyl (C=O) groups is 1. The highest BCUT2D eigenvalue weighted by Crippen LogP contribution is 2.29. The van der Waals surface area contributed by atoms with Crippen LogP contribution >= 0.6 is 0 Å². The van der Waals surface area contributed by atoms with Gasteiger partial charge in [0, 0.05) is 18.2 Å². The zero-order chi connectivity index (χ0) is 12.4. The first-order valence-corrected chi connectivity index (χ1v) is 5.49. The molecule has 1 aliphatic rings. The summed E-state index contributed by atoms with van der Waals surface area (Å²) >= 11 is 0. The molecule has 2 rings (SSSR count). The maximum absolute atomic E-state index is 13.5. The number of rotatable bonds is 2. The van der Waals surface area contributed by atoms with Crippen LogP contribution in [-0.2, 0) is 4.79 Å². The Balaban J connectivity index is 2.34. The van der Waals surface area contributed by atoms with Crippen molar-refractivity contribution in [2.24, 2.45) is 0 Å². The summed E-state index contributed by atoms with van der Waals surface area (Å²) in [5.74, 6) is -0.499. The van der Waals surface area contributed by atoms with Gasteiger partial charge in [-0.3, -0.25) is 4.79 Å². The summed E-state index contributed by atoms with van der Waals surface area (Å²) in [6.45, 7) is 2.56. The number of amides is 1. The van der Waals surface area contributed by atoms with Gasteiger partial charge in [0.1, 0.15) is 6.04 Å². The van der Waals surface area contributed by atoms with Crippen LogP contribution in [0.1, 0.15) is 18.5 Å². The molecule has 1 saturated heterocycles. The van der Waals surface area contributed by atoms with Crippen LogP contribution in [0.2, 0.25) is 0 Å². The molecule has 4 nitrogen and oxygen atoms in total. The summed E-state index contributed by atoms with van der Waals surface area (Å²) in [6, 6.07) is 4.09. The summed E-state index contributed by atoms with van der Waals surface area (Å²) in [5, 5.41) is 5.90. The van der Waals surface area contributed by atoms with E-state index in [9.17, 15) is 9.18 Å². The standard InChI is InChI=1S/C12H15FN2O2/c1-7-6-14-10(12(16)15-7)8-4-3-5-9(13)11(8)17-2/h3-5,7,10,14H,6H2,1-2H3,(H,15,16). The molecule has 0 spiro atoms. The van der Waals surface area contributed by atoms with Gasteiger partial charge in [-0.2, -0.15) is 0 Å². The first-order valence-electron chi connectivity index (χ1n) is 5.49. The monoisotopic (exact) mass is 238 g/mol. The maximum Gasteiger partial charge on any atom is 0.242 e. The third kappa shape index (κ3) is 2.24. The van der Waals surface area contributed by atoms with Gasteiger partial charge in [-0.25, -0.2) is 4.39 Å². The Morgan fingerprint density at radius 2 is 2.24 bits per heavy atom. The molecule has 17 heavy (non-hydrogen) atoms. The first kappa shape index (κ1) is 11.9. The molecule has 0 radical (unpaired) electrons. The van der Waals surface area contributed by atoms with Gasteiger partial charge >= 0.3 is 0 Å². The molecular formula is C12H15FN2O2. The van der Waals surface area contributed by atoms with Gasteiger partial charge in [-0.15, -0.1) is 0 Å². The summed E-state index contributed by atoms with van der Waals surface area (Å²) in [4.78, 5) is 11.8. The molecule has 0 bridgehead atoms. The summed E-state index contributed by atoms with van der Waals surface area (Å²) < 4.78 is 18.5. The van der Waals surface area contributed by atoms with Crippen LogP contribution in [-0.4, -0.2) is 25.6 Å². The topological polar surface area (TPSA) is 50.4 Å². The number of para-hydroxylation sites is 1. The lowest BCUT2D eigenvalue weighted by molar-refractivity contribution is -0.125. The van der Waals surface area contributed by atoms with E-state index in [1.165, 1.54) is 13.2 Å². The first-order chi connectivity index (χ1) is 8.13. The smallest absolute Gasteiger partial charge is 0.242 e. The Morgan fingerprint density at radius 1 is 1.47 bits per heavy atom. The number of benzene rings is 1. The molecule has 2 atom stereocenters. The Kier molecular flexibility index (Phi) is 3.28. The van der Waals surface area contributed by atoms with Crippen LogP contribution in [0.3, 0.4) is 0 Å². The number of carbonyl (C=O) groups excluding carboxylic acids is 1. The van der Waals surface area contributed by atoms with E-state index in [4.69, 9.17) is 4.74 Å². The van der Waals surface area contributed by atoms with E-state index < -0.39 is 11.9 Å². The van der Waals surface area contributed by atoms with Crippen LogP contribution in [0, 0.1) is 5.82 Å². The zero-order valence-electron chi connectivity index (χ0n) is 9.79. The Bertz CT molecular complexity index is 437. The third-order valence-corrected chi connectivity index (χ3v) is 2.79. The van der Waals surface area contributed by atoms with Crippen LogP contribution in [0.4, 0.5) is 4.39 Å². The third-order valence-electron chi connectivity index (χ3n) is 2.79. The Morgan fingerprint density at radius 3 is 2.88 bits per heavy atom. The SMILES string of the molecule is COc1c(F)cccc1C1NCC(C)NC1=O. The van der Waals surface area contributed by atoms with Crippen molar-refractivity contribution in [1.29, 1.82) is 0 Å². The van der Waals surface area contributed by atoms with Crippen LogP contribution in [0.15, 0.2) is 18.2 Å². The predicted octanol–water partition coefficient (Wildman–Crippen LogP) is 0.983. The highest BCUT2D eigenvalue weighted by Gasteiger charge is 2.29. The van der Waals surface area contributed by atoms with Gasteiger partial charge in [0.25, 0.3) is 0 Å². The van der Waals surface area contributed by atoms with E-state index >= 15 is 0 Å². The molecule has 0 aromatic heterocycles. The molecular weight excluding hydrogens is 223 g/mol. The number of methoxy groups -OCH3 is 1. The second kappa shape index (κ2) is 4.71. The largest absolute Gasteiger partial charge is 0.493 e. The van der Waals surface area contributed by atoms with Crippen molar-refractivity contribution in [2.45, 2.75) is 19.0 Å². The van der Waals surface area contributed by atoms with E-state index in [0.29, 0.717) is 12.1 Å². The van der Waals surface area contributed by atoms with E-state index in [1.807, 2.05) is 6.92 Å². The van der Waals surface area contributed by atoms with E-state index in [-0.39, 0.29) is 17.7 Å². The highest BCUT2D eigenvalue weighted by atomic mass is 19.1. The fourth-order valence-electron chi connectivity index (χ4n) is 1.98. The number of nitrogens with one attached hydrogen (secondary N) is 2. The van der Waals surface area contributed by atoms with Crippen LogP contribution in [0.5, 0.6) is 5.75 Å². The minimum absolute atomic E-state index is 0.0818. The van der Waals surface area contributed by atoms with Gasteiger partial charge in [0.15, 0.2) is 11.6 Å². The minimum atomic E-state index is -0.558. The molecule has 1 fully saturated rings. The molecule has 0 saturated carbocycles. The second-order valence-corrected chi connectivity index (χ2v) is 4.11. The Hall–Kier alpha value is -1.62. The summed E-state index contributed by atoms with van der Waals surface area (Å²) in [5.41, 5.74) is 0.525. The molecule has 1 heterocycles. The average Bonchev–Trinajstić information content (AvgIpc) is 2.29. The van der Waals surface area contributed by atoms with Crippen LogP contribution < -0.4 is 15.4 Å². The zero-order valence-corrected chi connectivity index (χ0v) is 9.79. The molecule has 1 aliphatic heterocycles. The van der Waals surface area contributed by atoms with Crippen molar-refractivity contribution in [1.82, 2.24) is 10.6 Å². The van der Waals surface area contributed by atoms with Gasteiger partial charge in [0.2, 0.25) is 5.91 Å². The fourth-order valence-corrected chi connectivity index (χ4v) is 1.98. The van der Waals surface area contributed by atoms with Crippen molar-refractivity contribution in [3.8, 4) is 5.75 Å². The Labute approximate surface area is 99.2 Å². The molecule has 1 aromatic rings. The van der Waals surface area contributed by atoms with Crippen molar-refractivity contribution in [2.75, 3.05) is 13.7 Å². The normalized spacial score (nSPS) is 24.3. The molecule has 1 aromatic carbocycles. The molecule has 0 aliphatic carbocycles. The molecule has 92 valence electrons. The number of ether oxygens (including phenoxy) is 1. The van der Waals surface area contributed by atoms with Crippen LogP contribution in [0.25, 0.3) is 0 Å². The molecule has 1 amide bonds. The number of hydrogen-bond acceptors (Lipinski definition) is 3. The van der Waals surface area contributed by atoms with E-state index in [0.717, 1.165) is 0 Å². The van der Waals surface area contributed by atoms with Gasteiger partial charge < -0.3 is 15.4 Å². The van der Waals surface area contributed by atoms with Gasteiger partial charge in [-0.05, 0) is 13.0 Å². The van der Waals surface area contributed by atoms with Crippen molar-refractivity contribution in [3.63, 3.8) is 0 Å². The lowest BCUT2D eigenvalue weighted by Crippen LogP contribution is -2.52. The number of halogens is 1.